The molecule has 2 N–H and O–H groups in total. The Morgan fingerprint density at radius 3 is 2.86 bits per heavy atom. The van der Waals surface area contributed by atoms with Crippen LogP contribution in [0.3, 0.4) is 0 Å². The van der Waals surface area contributed by atoms with Gasteiger partial charge in [0.05, 0.1) is 17.4 Å². The van der Waals surface area contributed by atoms with Gasteiger partial charge in [-0.1, -0.05) is 6.07 Å². The number of carbonyl (C=O) groups excluding carboxylic acids is 1. The SMILES string of the molecule is O=C(Nc1cccc(N2CCCS2(=O)=O)c1)C1CCCNC1. The Bertz CT molecular complexity index is 654. The Hall–Kier alpha value is -1.60. The summed E-state index contributed by atoms with van der Waals surface area (Å²) in [6.45, 7) is 2.17. The van der Waals surface area contributed by atoms with E-state index in [-0.39, 0.29) is 17.6 Å². The number of piperidine rings is 1. The zero-order chi connectivity index (χ0) is 15.6. The maximum absolute atomic E-state index is 12.2. The number of benzene rings is 1. The van der Waals surface area contributed by atoms with Crippen molar-refractivity contribution in [2.75, 3.05) is 35.0 Å². The minimum atomic E-state index is -3.20. The summed E-state index contributed by atoms with van der Waals surface area (Å²) >= 11 is 0. The molecule has 2 saturated heterocycles. The van der Waals surface area contributed by atoms with Crippen molar-refractivity contribution in [2.45, 2.75) is 19.3 Å². The van der Waals surface area contributed by atoms with Gasteiger partial charge in [0, 0.05) is 18.8 Å². The maximum Gasteiger partial charge on any atom is 0.235 e. The van der Waals surface area contributed by atoms with Crippen molar-refractivity contribution in [1.29, 1.82) is 0 Å². The molecule has 1 amide bonds. The lowest BCUT2D eigenvalue weighted by Crippen LogP contribution is -2.37. The first-order valence-corrected chi connectivity index (χ1v) is 9.29. The van der Waals surface area contributed by atoms with Gasteiger partial charge in [0.25, 0.3) is 0 Å². The molecule has 2 aliphatic heterocycles. The number of anilines is 2. The van der Waals surface area contributed by atoms with Crippen molar-refractivity contribution in [1.82, 2.24) is 5.32 Å². The normalized spacial score (nSPS) is 24.2. The lowest BCUT2D eigenvalue weighted by Gasteiger charge is -2.22. The lowest BCUT2D eigenvalue weighted by molar-refractivity contribution is -0.120. The largest absolute Gasteiger partial charge is 0.326 e. The molecule has 1 unspecified atom stereocenters. The van der Waals surface area contributed by atoms with E-state index in [9.17, 15) is 13.2 Å². The minimum absolute atomic E-state index is 0.00590. The molecule has 2 heterocycles. The predicted octanol–water partition coefficient (Wildman–Crippen LogP) is 1.16. The number of amides is 1. The van der Waals surface area contributed by atoms with Crippen LogP contribution in [0.5, 0.6) is 0 Å². The molecule has 0 aliphatic carbocycles. The van der Waals surface area contributed by atoms with Crippen LogP contribution in [0, 0.1) is 5.92 Å². The highest BCUT2D eigenvalue weighted by atomic mass is 32.2. The van der Waals surface area contributed by atoms with Crippen molar-refractivity contribution in [3.05, 3.63) is 24.3 Å². The first kappa shape index (κ1) is 15.3. The van der Waals surface area contributed by atoms with Crippen LogP contribution < -0.4 is 14.9 Å². The van der Waals surface area contributed by atoms with Crippen molar-refractivity contribution >= 4 is 27.3 Å². The van der Waals surface area contributed by atoms with Crippen LogP contribution >= 0.6 is 0 Å². The second-order valence-corrected chi connectivity index (χ2v) is 7.84. The molecule has 1 atom stereocenters. The summed E-state index contributed by atoms with van der Waals surface area (Å²) in [6, 6.07) is 7.07. The quantitative estimate of drug-likeness (QED) is 0.875. The Morgan fingerprint density at radius 2 is 2.18 bits per heavy atom. The summed E-state index contributed by atoms with van der Waals surface area (Å²) in [5.74, 6) is 0.165. The smallest absolute Gasteiger partial charge is 0.235 e. The molecule has 22 heavy (non-hydrogen) atoms. The minimum Gasteiger partial charge on any atom is -0.326 e. The first-order valence-electron chi connectivity index (χ1n) is 7.68. The van der Waals surface area contributed by atoms with Gasteiger partial charge in [-0.2, -0.15) is 0 Å². The number of rotatable bonds is 3. The summed E-state index contributed by atoms with van der Waals surface area (Å²) < 4.78 is 25.4. The summed E-state index contributed by atoms with van der Waals surface area (Å²) in [5, 5.41) is 6.12. The molecule has 0 radical (unpaired) electrons. The van der Waals surface area contributed by atoms with Crippen LogP contribution in [0.25, 0.3) is 0 Å². The van der Waals surface area contributed by atoms with Gasteiger partial charge in [-0.3, -0.25) is 9.10 Å². The molecule has 0 spiro atoms. The molecule has 1 aromatic rings. The van der Waals surface area contributed by atoms with Gasteiger partial charge in [0.1, 0.15) is 0 Å². The van der Waals surface area contributed by atoms with Crippen molar-refractivity contribution in [3.8, 4) is 0 Å². The van der Waals surface area contributed by atoms with Gasteiger partial charge < -0.3 is 10.6 Å². The Morgan fingerprint density at radius 1 is 1.32 bits per heavy atom. The molecular formula is C15H21N3O3S. The van der Waals surface area contributed by atoms with Crippen LogP contribution in [0.2, 0.25) is 0 Å². The van der Waals surface area contributed by atoms with Gasteiger partial charge in [0.2, 0.25) is 15.9 Å². The molecule has 2 aliphatic rings. The van der Waals surface area contributed by atoms with E-state index >= 15 is 0 Å². The third kappa shape index (κ3) is 3.25. The van der Waals surface area contributed by atoms with Crippen LogP contribution in [0.15, 0.2) is 24.3 Å². The van der Waals surface area contributed by atoms with E-state index in [1.165, 1.54) is 4.31 Å². The lowest BCUT2D eigenvalue weighted by atomic mass is 9.99. The topological polar surface area (TPSA) is 78.5 Å². The standard InChI is InChI=1S/C15H21N3O3S/c19-15(12-4-2-7-16-11-12)17-13-5-1-6-14(10-13)18-8-3-9-22(18,20)21/h1,5-6,10,12,16H,2-4,7-9,11H2,(H,17,19). The predicted molar refractivity (Wildman–Crippen MR) is 86.4 cm³/mol. The third-order valence-corrected chi connectivity index (χ3v) is 6.04. The van der Waals surface area contributed by atoms with Crippen LogP contribution in [-0.2, 0) is 14.8 Å². The highest BCUT2D eigenvalue weighted by Crippen LogP contribution is 2.26. The molecule has 120 valence electrons. The number of carbonyl (C=O) groups is 1. The molecule has 0 saturated carbocycles. The van der Waals surface area contributed by atoms with Gasteiger partial charge in [0.15, 0.2) is 0 Å². The average Bonchev–Trinajstić information content (AvgIpc) is 2.88. The van der Waals surface area contributed by atoms with E-state index in [0.29, 0.717) is 30.9 Å². The van der Waals surface area contributed by atoms with Crippen LogP contribution in [0.4, 0.5) is 11.4 Å². The third-order valence-electron chi connectivity index (χ3n) is 4.17. The molecule has 2 fully saturated rings. The van der Waals surface area contributed by atoms with E-state index in [1.807, 2.05) is 0 Å². The van der Waals surface area contributed by atoms with Gasteiger partial charge in [-0.05, 0) is 44.0 Å². The van der Waals surface area contributed by atoms with Gasteiger partial charge in [-0.15, -0.1) is 0 Å². The van der Waals surface area contributed by atoms with E-state index < -0.39 is 10.0 Å². The van der Waals surface area contributed by atoms with Crippen molar-refractivity contribution < 1.29 is 13.2 Å². The van der Waals surface area contributed by atoms with Crippen LogP contribution in [0.1, 0.15) is 19.3 Å². The van der Waals surface area contributed by atoms with Crippen LogP contribution in [-0.4, -0.2) is 39.7 Å². The number of hydrogen-bond acceptors (Lipinski definition) is 4. The number of nitrogens with one attached hydrogen (secondary N) is 2. The molecule has 0 aromatic heterocycles. The second kappa shape index (κ2) is 6.26. The zero-order valence-corrected chi connectivity index (χ0v) is 13.2. The second-order valence-electron chi connectivity index (χ2n) is 5.82. The number of hydrogen-bond donors (Lipinski definition) is 2. The van der Waals surface area contributed by atoms with E-state index in [0.717, 1.165) is 19.4 Å². The summed E-state index contributed by atoms with van der Waals surface area (Å²) in [6.07, 6.45) is 2.54. The molecule has 0 bridgehead atoms. The Kier molecular flexibility index (Phi) is 4.35. The fourth-order valence-electron chi connectivity index (χ4n) is 2.99. The highest BCUT2D eigenvalue weighted by molar-refractivity contribution is 7.93. The van der Waals surface area contributed by atoms with E-state index in [2.05, 4.69) is 10.6 Å². The highest BCUT2D eigenvalue weighted by Gasteiger charge is 2.28. The van der Waals surface area contributed by atoms with E-state index in [4.69, 9.17) is 0 Å². The fraction of sp³-hybridized carbons (Fsp3) is 0.533. The molecule has 6 nitrogen and oxygen atoms in total. The molecule has 7 heteroatoms. The molecule has 1 aromatic carbocycles. The summed E-state index contributed by atoms with van der Waals surface area (Å²) in [4.78, 5) is 12.2. The zero-order valence-electron chi connectivity index (χ0n) is 12.4. The maximum atomic E-state index is 12.2. The Balaban J connectivity index is 1.72. The first-order chi connectivity index (χ1) is 10.6. The Labute approximate surface area is 130 Å². The van der Waals surface area contributed by atoms with Crippen molar-refractivity contribution in [3.63, 3.8) is 0 Å². The molecule has 3 rings (SSSR count). The number of sulfonamides is 1. The van der Waals surface area contributed by atoms with Crippen molar-refractivity contribution in [2.24, 2.45) is 5.92 Å². The van der Waals surface area contributed by atoms with Gasteiger partial charge >= 0.3 is 0 Å². The van der Waals surface area contributed by atoms with E-state index in [1.54, 1.807) is 24.3 Å². The average molecular weight is 323 g/mol. The molecular weight excluding hydrogens is 302 g/mol. The number of nitrogens with zero attached hydrogens (tertiary/aromatic N) is 1. The monoisotopic (exact) mass is 323 g/mol. The fourth-order valence-corrected chi connectivity index (χ4v) is 4.54. The summed E-state index contributed by atoms with van der Waals surface area (Å²) in [5.41, 5.74) is 1.27. The van der Waals surface area contributed by atoms with Gasteiger partial charge in [-0.25, -0.2) is 8.42 Å². The summed E-state index contributed by atoms with van der Waals surface area (Å²) in [7, 11) is -3.20.